The molecule has 8 nitrogen and oxygen atoms in total. The van der Waals surface area contributed by atoms with Crippen LogP contribution in [0.3, 0.4) is 0 Å². The van der Waals surface area contributed by atoms with Gasteiger partial charge in [0.25, 0.3) is 5.56 Å². The molecular formula is C18H25ClN6O2. The molecule has 0 aromatic carbocycles. The minimum Gasteiger partial charge on any atom is -0.389 e. The van der Waals surface area contributed by atoms with Gasteiger partial charge in [-0.25, -0.2) is 4.79 Å². The van der Waals surface area contributed by atoms with Gasteiger partial charge in [-0.15, -0.1) is 12.4 Å². The molecule has 2 aliphatic rings. The maximum Gasteiger partial charge on any atom is 0.332 e. The molecule has 0 bridgehead atoms. The van der Waals surface area contributed by atoms with Gasteiger partial charge < -0.3 is 14.8 Å². The van der Waals surface area contributed by atoms with Gasteiger partial charge in [0, 0.05) is 51.5 Å². The molecule has 1 unspecified atom stereocenters. The van der Waals surface area contributed by atoms with E-state index in [-0.39, 0.29) is 23.7 Å². The van der Waals surface area contributed by atoms with E-state index in [9.17, 15) is 9.59 Å². The molecule has 0 aliphatic carbocycles. The van der Waals surface area contributed by atoms with Crippen LogP contribution < -0.4 is 21.5 Å². The maximum atomic E-state index is 12.8. The Bertz CT molecular complexity index is 1070. The summed E-state index contributed by atoms with van der Waals surface area (Å²) in [7, 11) is 3.17. The Morgan fingerprint density at radius 3 is 2.74 bits per heavy atom. The summed E-state index contributed by atoms with van der Waals surface area (Å²) < 4.78 is 4.54. The van der Waals surface area contributed by atoms with Crippen LogP contribution in [0, 0.1) is 5.92 Å². The second-order valence-corrected chi connectivity index (χ2v) is 7.30. The van der Waals surface area contributed by atoms with Crippen molar-refractivity contribution in [3.63, 3.8) is 0 Å². The average molecular weight is 393 g/mol. The van der Waals surface area contributed by atoms with Crippen molar-refractivity contribution in [3.05, 3.63) is 44.4 Å². The second kappa shape index (κ2) is 6.92. The minimum absolute atomic E-state index is 0. The molecule has 1 N–H and O–H groups in total. The van der Waals surface area contributed by atoms with Gasteiger partial charge in [0.15, 0.2) is 11.2 Å². The molecule has 2 aromatic rings. The van der Waals surface area contributed by atoms with E-state index in [2.05, 4.69) is 16.3 Å². The molecule has 0 spiro atoms. The molecule has 4 heterocycles. The van der Waals surface area contributed by atoms with Gasteiger partial charge in [-0.3, -0.25) is 13.9 Å². The third-order valence-corrected chi connectivity index (χ3v) is 5.30. The van der Waals surface area contributed by atoms with E-state index in [0.29, 0.717) is 23.6 Å². The number of hydrogen-bond acceptors (Lipinski definition) is 5. The Labute approximate surface area is 163 Å². The zero-order valence-electron chi connectivity index (χ0n) is 16.0. The van der Waals surface area contributed by atoms with Gasteiger partial charge in [-0.2, -0.15) is 4.98 Å². The zero-order chi connectivity index (χ0) is 18.6. The highest BCUT2D eigenvalue weighted by molar-refractivity contribution is 5.85. The lowest BCUT2D eigenvalue weighted by Crippen LogP contribution is -2.37. The third-order valence-electron chi connectivity index (χ3n) is 5.30. The molecule has 1 saturated heterocycles. The predicted molar refractivity (Wildman–Crippen MR) is 108 cm³/mol. The van der Waals surface area contributed by atoms with Gasteiger partial charge in [-0.1, -0.05) is 11.6 Å². The number of nitrogens with one attached hydrogen (secondary N) is 1. The Morgan fingerprint density at radius 2 is 2.04 bits per heavy atom. The summed E-state index contributed by atoms with van der Waals surface area (Å²) in [6.45, 7) is 6.41. The second-order valence-electron chi connectivity index (χ2n) is 7.30. The lowest BCUT2D eigenvalue weighted by molar-refractivity contribution is 0.647. The van der Waals surface area contributed by atoms with Gasteiger partial charge in [0.1, 0.15) is 0 Å². The van der Waals surface area contributed by atoms with E-state index >= 15 is 0 Å². The number of hydrogen-bond donors (Lipinski definition) is 1. The van der Waals surface area contributed by atoms with Crippen molar-refractivity contribution in [2.45, 2.75) is 26.8 Å². The lowest BCUT2D eigenvalue weighted by atomic mass is 10.1. The summed E-state index contributed by atoms with van der Waals surface area (Å²) in [5.74, 6) is 1.21. The topological polar surface area (TPSA) is 77.1 Å². The number of imidazole rings is 1. The molecular weight excluding hydrogens is 368 g/mol. The maximum absolute atomic E-state index is 12.8. The Balaban J connectivity index is 0.00000210. The summed E-state index contributed by atoms with van der Waals surface area (Å²) in [6, 6.07) is 0. The Morgan fingerprint density at radius 1 is 1.30 bits per heavy atom. The highest BCUT2D eigenvalue weighted by Gasteiger charge is 2.34. The summed E-state index contributed by atoms with van der Waals surface area (Å²) >= 11 is 0. The highest BCUT2D eigenvalue weighted by Crippen LogP contribution is 2.35. The number of nitrogens with zero attached hydrogens (tertiary/aromatic N) is 5. The van der Waals surface area contributed by atoms with E-state index in [1.807, 2.05) is 24.6 Å². The SMILES string of the molecule is CC(C)=CCn1c(N2CCC3CNC=C32)nc2c1c(=O)n(C)c(=O)n2C.Cl. The summed E-state index contributed by atoms with van der Waals surface area (Å²) in [4.78, 5) is 32.1. The normalized spacial score (nSPS) is 18.1. The Hall–Kier alpha value is -2.48. The third kappa shape index (κ3) is 2.88. The fourth-order valence-electron chi connectivity index (χ4n) is 3.79. The Kier molecular flexibility index (Phi) is 4.94. The minimum atomic E-state index is -0.359. The summed E-state index contributed by atoms with van der Waals surface area (Å²) in [5.41, 5.74) is 2.61. The smallest absolute Gasteiger partial charge is 0.332 e. The number of fused-ring (bicyclic) bond motifs is 2. The number of anilines is 1. The number of aromatic nitrogens is 4. The highest BCUT2D eigenvalue weighted by atomic mass is 35.5. The fraction of sp³-hybridized carbons (Fsp3) is 0.500. The van der Waals surface area contributed by atoms with Crippen molar-refractivity contribution in [2.75, 3.05) is 18.0 Å². The van der Waals surface area contributed by atoms with E-state index in [1.165, 1.54) is 22.9 Å². The molecule has 2 aromatic heterocycles. The monoisotopic (exact) mass is 392 g/mol. The van der Waals surface area contributed by atoms with Crippen LogP contribution in [0.4, 0.5) is 5.95 Å². The van der Waals surface area contributed by atoms with Crippen molar-refractivity contribution < 1.29 is 0 Å². The van der Waals surface area contributed by atoms with Gasteiger partial charge in [-0.05, 0) is 20.3 Å². The first-order valence-electron chi connectivity index (χ1n) is 8.90. The van der Waals surface area contributed by atoms with Gasteiger partial charge >= 0.3 is 5.69 Å². The fourth-order valence-corrected chi connectivity index (χ4v) is 3.79. The van der Waals surface area contributed by atoms with Crippen molar-refractivity contribution in [2.24, 2.45) is 20.0 Å². The molecule has 4 rings (SSSR count). The van der Waals surface area contributed by atoms with Crippen molar-refractivity contribution in [1.29, 1.82) is 0 Å². The van der Waals surface area contributed by atoms with Crippen LogP contribution in [0.1, 0.15) is 20.3 Å². The van der Waals surface area contributed by atoms with E-state index in [4.69, 9.17) is 4.98 Å². The van der Waals surface area contributed by atoms with Gasteiger partial charge in [0.2, 0.25) is 5.95 Å². The molecule has 0 radical (unpaired) electrons. The number of allylic oxidation sites excluding steroid dienone is 2. The lowest BCUT2D eigenvalue weighted by Gasteiger charge is -2.19. The molecule has 146 valence electrons. The largest absolute Gasteiger partial charge is 0.389 e. The van der Waals surface area contributed by atoms with Crippen molar-refractivity contribution >= 4 is 29.5 Å². The molecule has 0 amide bonds. The molecule has 1 fully saturated rings. The van der Waals surface area contributed by atoms with Crippen LogP contribution in [-0.4, -0.2) is 31.8 Å². The first kappa shape index (κ1) is 19.3. The van der Waals surface area contributed by atoms with E-state index in [0.717, 1.165) is 30.0 Å². The molecule has 0 saturated carbocycles. The van der Waals surface area contributed by atoms with E-state index in [1.54, 1.807) is 7.05 Å². The van der Waals surface area contributed by atoms with Crippen LogP contribution in [0.25, 0.3) is 11.2 Å². The van der Waals surface area contributed by atoms with Crippen LogP contribution in [0.5, 0.6) is 0 Å². The van der Waals surface area contributed by atoms with Crippen LogP contribution in [-0.2, 0) is 20.6 Å². The first-order chi connectivity index (χ1) is 12.4. The average Bonchev–Trinajstić information content (AvgIpc) is 3.29. The molecule has 1 atom stereocenters. The first-order valence-corrected chi connectivity index (χ1v) is 8.90. The van der Waals surface area contributed by atoms with Crippen molar-refractivity contribution in [3.8, 4) is 0 Å². The van der Waals surface area contributed by atoms with E-state index < -0.39 is 0 Å². The quantitative estimate of drug-likeness (QED) is 0.791. The summed E-state index contributed by atoms with van der Waals surface area (Å²) in [6.07, 6.45) is 5.17. The number of halogens is 1. The van der Waals surface area contributed by atoms with Crippen LogP contribution >= 0.6 is 12.4 Å². The predicted octanol–water partition coefficient (Wildman–Crippen LogP) is 1.09. The standard InChI is InChI=1S/C18H24N6O2.ClH/c1-11(2)5-7-24-14-15(21(3)18(26)22(4)16(14)25)20-17(24)23-8-6-12-9-19-10-13(12)23;/h5,10,12,19H,6-9H2,1-4H3;1H. The van der Waals surface area contributed by atoms with Crippen LogP contribution in [0.15, 0.2) is 33.1 Å². The zero-order valence-corrected chi connectivity index (χ0v) is 16.8. The molecule has 2 aliphatic heterocycles. The molecule has 27 heavy (non-hydrogen) atoms. The summed E-state index contributed by atoms with van der Waals surface area (Å²) in [5, 5.41) is 3.29. The van der Waals surface area contributed by atoms with Crippen molar-refractivity contribution in [1.82, 2.24) is 24.0 Å². The number of rotatable bonds is 3. The number of aryl methyl sites for hydroxylation is 1. The van der Waals surface area contributed by atoms with Crippen LogP contribution in [0.2, 0.25) is 0 Å². The molecule has 9 heteroatoms. The van der Waals surface area contributed by atoms with Gasteiger partial charge in [0.05, 0.1) is 0 Å².